The van der Waals surface area contributed by atoms with Crippen molar-refractivity contribution in [2.24, 2.45) is 0 Å². The fourth-order valence-electron chi connectivity index (χ4n) is 0. The standard InChI is InChI=1S/4C2H6.CH2O2.2CH2OS.CH2S2/c4*1-2;4*2-1-3/h4*1-2H3;4*1H,(H,2,3). The van der Waals surface area contributed by atoms with Crippen molar-refractivity contribution >= 4 is 72.5 Å². The molecule has 0 rings (SSSR count). The Balaban J connectivity index is -0.0000000139. The SMILES string of the molecule is CC.CC.CC.CC.O=CO.O=CS.O=CS.S=CS. The zero-order valence-corrected chi connectivity index (χ0v) is 17.2. The lowest BCUT2D eigenvalue weighted by atomic mass is 11.0. The molecule has 0 aromatic heterocycles. The van der Waals surface area contributed by atoms with Crippen LogP contribution >= 0.6 is 50.1 Å². The van der Waals surface area contributed by atoms with E-state index >= 15 is 0 Å². The molecule has 0 aromatic rings. The summed E-state index contributed by atoms with van der Waals surface area (Å²) in [5.41, 5.74) is 0.889. The second-order valence-electron chi connectivity index (χ2n) is 0.422. The monoisotopic (exact) mass is 368 g/mol. The molecule has 0 aliphatic heterocycles. The molecule has 0 amide bonds. The predicted octanol–water partition coefficient (Wildman–Crippen LogP) is 4.89. The summed E-state index contributed by atoms with van der Waals surface area (Å²) in [6.07, 6.45) is 0. The molecule has 0 aromatic carbocycles. The van der Waals surface area contributed by atoms with E-state index in [0.717, 1.165) is 0 Å². The van der Waals surface area contributed by atoms with Gasteiger partial charge in [-0.05, 0) is 0 Å². The Labute approximate surface area is 147 Å². The van der Waals surface area contributed by atoms with Crippen LogP contribution in [-0.2, 0) is 14.4 Å². The topological polar surface area (TPSA) is 71.4 Å². The van der Waals surface area contributed by atoms with Gasteiger partial charge in [0.15, 0.2) is 11.2 Å². The summed E-state index contributed by atoms with van der Waals surface area (Å²) < 4.78 is 1.28. The minimum atomic E-state index is -0.250. The maximum Gasteiger partial charge on any atom is 0.290 e. The Bertz CT molecular complexity index is 81.5. The zero-order valence-electron chi connectivity index (χ0n) is 13.7. The molecule has 0 aliphatic carbocycles. The van der Waals surface area contributed by atoms with Crippen LogP contribution in [0.1, 0.15) is 55.4 Å². The van der Waals surface area contributed by atoms with Crippen LogP contribution in [0.4, 0.5) is 0 Å². The van der Waals surface area contributed by atoms with Gasteiger partial charge in [0.2, 0.25) is 0 Å². The van der Waals surface area contributed by atoms with Crippen molar-refractivity contribution in [3.8, 4) is 0 Å². The molecule has 20 heavy (non-hydrogen) atoms. The fraction of sp³-hybridized carbons (Fsp3) is 0.667. The molecule has 0 radical (unpaired) electrons. The molecular weight excluding hydrogens is 336 g/mol. The first kappa shape index (κ1) is 50.2. The van der Waals surface area contributed by atoms with Crippen molar-refractivity contribution < 1.29 is 19.5 Å². The summed E-state index contributed by atoms with van der Waals surface area (Å²) >= 11 is 13.8. The van der Waals surface area contributed by atoms with Crippen LogP contribution in [0.15, 0.2) is 0 Å². The Hall–Kier alpha value is -0.0500. The highest BCUT2D eigenvalue weighted by atomic mass is 32.1. The summed E-state index contributed by atoms with van der Waals surface area (Å²) in [5.74, 6) is 0. The molecule has 8 heteroatoms. The molecule has 0 unspecified atom stereocenters. The van der Waals surface area contributed by atoms with Gasteiger partial charge < -0.3 is 5.11 Å². The molecule has 4 nitrogen and oxygen atoms in total. The maximum absolute atomic E-state index is 8.67. The van der Waals surface area contributed by atoms with E-state index in [0.29, 0.717) is 11.2 Å². The minimum Gasteiger partial charge on any atom is -0.483 e. The third-order valence-corrected chi connectivity index (χ3v) is 0. The van der Waals surface area contributed by atoms with Crippen LogP contribution in [-0.4, -0.2) is 27.5 Å². The normalized spacial score (nSPS) is 3.75. The van der Waals surface area contributed by atoms with Crippen LogP contribution in [0.5, 0.6) is 0 Å². The number of hydrogen-bond donors (Lipinski definition) is 4. The van der Waals surface area contributed by atoms with Gasteiger partial charge in [0.05, 0.1) is 0 Å². The molecular formula is C12H32O4S4. The van der Waals surface area contributed by atoms with Crippen molar-refractivity contribution in [1.29, 1.82) is 0 Å². The third-order valence-electron chi connectivity index (χ3n) is 0. The van der Waals surface area contributed by atoms with Crippen molar-refractivity contribution in [2.45, 2.75) is 55.4 Å². The van der Waals surface area contributed by atoms with Gasteiger partial charge in [0, 0.05) is 4.70 Å². The van der Waals surface area contributed by atoms with Gasteiger partial charge in [0.1, 0.15) is 0 Å². The molecule has 0 bridgehead atoms. The number of thiocarbonyl (C=S) groups is 1. The Morgan fingerprint density at radius 2 is 0.700 bits per heavy atom. The van der Waals surface area contributed by atoms with Gasteiger partial charge >= 0.3 is 0 Å². The van der Waals surface area contributed by atoms with Crippen LogP contribution < -0.4 is 0 Å². The lowest BCUT2D eigenvalue weighted by Gasteiger charge is -1.34. The summed E-state index contributed by atoms with van der Waals surface area (Å²) in [5, 5.41) is 6.89. The molecule has 128 valence electrons. The van der Waals surface area contributed by atoms with E-state index in [1.165, 1.54) is 4.70 Å². The Morgan fingerprint density at radius 3 is 0.700 bits per heavy atom. The van der Waals surface area contributed by atoms with E-state index in [-0.39, 0.29) is 6.47 Å². The maximum atomic E-state index is 8.67. The van der Waals surface area contributed by atoms with Crippen LogP contribution in [0.2, 0.25) is 0 Å². The average Bonchev–Trinajstić information content (AvgIpc) is 2.50. The largest absolute Gasteiger partial charge is 0.483 e. The van der Waals surface area contributed by atoms with Gasteiger partial charge in [-0.2, -0.15) is 0 Å². The predicted molar refractivity (Wildman–Crippen MR) is 108 cm³/mol. The van der Waals surface area contributed by atoms with Gasteiger partial charge in [0.25, 0.3) is 6.47 Å². The molecule has 1 N–H and O–H groups in total. The number of hydrogen-bond acceptors (Lipinski definition) is 4. The smallest absolute Gasteiger partial charge is 0.290 e. The van der Waals surface area contributed by atoms with Crippen LogP contribution in [0.3, 0.4) is 0 Å². The molecule has 0 heterocycles. The number of carbonyl (C=O) groups is 3. The second kappa shape index (κ2) is 391. The average molecular weight is 369 g/mol. The van der Waals surface area contributed by atoms with Gasteiger partial charge in [-0.15, -0.1) is 37.9 Å². The molecule has 0 fully saturated rings. The van der Waals surface area contributed by atoms with E-state index in [4.69, 9.17) is 19.5 Å². The summed E-state index contributed by atoms with van der Waals surface area (Å²) in [4.78, 5) is 25.7. The van der Waals surface area contributed by atoms with Crippen LogP contribution in [0.25, 0.3) is 0 Å². The highest BCUT2D eigenvalue weighted by Gasteiger charge is 1.24. The Kier molecular flexibility index (Phi) is 982. The van der Waals surface area contributed by atoms with Crippen molar-refractivity contribution in [3.05, 3.63) is 0 Å². The summed E-state index contributed by atoms with van der Waals surface area (Å²) in [6.45, 7) is 15.8. The van der Waals surface area contributed by atoms with Gasteiger partial charge in [-0.3, -0.25) is 14.4 Å². The van der Waals surface area contributed by atoms with Crippen molar-refractivity contribution in [3.63, 3.8) is 0 Å². The van der Waals surface area contributed by atoms with Crippen molar-refractivity contribution in [1.82, 2.24) is 0 Å². The number of rotatable bonds is 0. The van der Waals surface area contributed by atoms with E-state index in [2.05, 4.69) is 50.1 Å². The zero-order chi connectivity index (χ0) is 18.8. The van der Waals surface area contributed by atoms with Gasteiger partial charge in [-0.25, -0.2) is 0 Å². The highest BCUT2D eigenvalue weighted by Crippen LogP contribution is 1.50. The van der Waals surface area contributed by atoms with Crippen molar-refractivity contribution in [2.75, 3.05) is 0 Å². The first-order chi connectivity index (χ1) is 9.66. The second-order valence-corrected chi connectivity index (χ2v) is 1.69. The number of carboxylic acid groups (broad SMARTS) is 1. The van der Waals surface area contributed by atoms with Crippen LogP contribution in [0, 0.1) is 0 Å². The quantitative estimate of drug-likeness (QED) is 0.278. The molecule has 0 atom stereocenters. The molecule has 0 aliphatic rings. The lowest BCUT2D eigenvalue weighted by Crippen LogP contribution is -1.49. The van der Waals surface area contributed by atoms with E-state index < -0.39 is 0 Å². The highest BCUT2D eigenvalue weighted by molar-refractivity contribution is 8.08. The molecule has 0 saturated carbocycles. The fourth-order valence-corrected chi connectivity index (χ4v) is 0. The summed E-state index contributed by atoms with van der Waals surface area (Å²) in [6, 6.07) is 0. The first-order valence-electron chi connectivity index (χ1n) is 5.98. The minimum absolute atomic E-state index is 0.250. The summed E-state index contributed by atoms with van der Waals surface area (Å²) in [7, 11) is 0. The number of thiol groups is 3. The van der Waals surface area contributed by atoms with E-state index in [1.54, 1.807) is 0 Å². The first-order valence-corrected chi connectivity index (χ1v) is 8.00. The molecule has 0 saturated heterocycles. The molecule has 0 spiro atoms. The third kappa shape index (κ3) is 2060000. The van der Waals surface area contributed by atoms with E-state index in [9.17, 15) is 0 Å². The number of carbonyl (C=O) groups excluding carboxylic acids is 2. The lowest BCUT2D eigenvalue weighted by molar-refractivity contribution is -0.122. The van der Waals surface area contributed by atoms with E-state index in [1.807, 2.05) is 55.4 Å². The Morgan fingerprint density at radius 1 is 0.700 bits per heavy atom. The van der Waals surface area contributed by atoms with Gasteiger partial charge in [-0.1, -0.05) is 67.6 Å².